The topological polar surface area (TPSA) is 50.8 Å². The fraction of sp³-hybridized carbons (Fsp3) is 0.0667. The highest BCUT2D eigenvalue weighted by Gasteiger charge is 2.25. The first-order chi connectivity index (χ1) is 9.26. The first-order valence-corrected chi connectivity index (χ1v) is 6.55. The van der Waals surface area contributed by atoms with Crippen LogP contribution in [0.5, 0.6) is 0 Å². The van der Waals surface area contributed by atoms with Gasteiger partial charge in [-0.15, -0.1) is 0 Å². The van der Waals surface area contributed by atoms with Crippen molar-refractivity contribution < 1.29 is 0 Å². The number of nitrogens with zero attached hydrogens (tertiary/aromatic N) is 3. The molecule has 0 aromatic heterocycles. The summed E-state index contributed by atoms with van der Waals surface area (Å²) in [6.45, 7) is 0. The molecule has 0 saturated heterocycles. The standard InChI is InChI=1S/C15H9N3S/c1-18-12-6-2-5-11(9-17)15(12)19-13-7-3-4-10(8-16)14(13)18/h2-7H,1H3. The van der Waals surface area contributed by atoms with E-state index in [4.69, 9.17) is 0 Å². The normalized spacial score (nSPS) is 12.1. The van der Waals surface area contributed by atoms with E-state index in [1.165, 1.54) is 0 Å². The molecule has 0 aliphatic carbocycles. The van der Waals surface area contributed by atoms with Gasteiger partial charge >= 0.3 is 0 Å². The van der Waals surface area contributed by atoms with Crippen LogP contribution in [-0.4, -0.2) is 7.05 Å². The highest BCUT2D eigenvalue weighted by molar-refractivity contribution is 7.99. The zero-order chi connectivity index (χ0) is 13.4. The lowest BCUT2D eigenvalue weighted by Gasteiger charge is -2.30. The van der Waals surface area contributed by atoms with Gasteiger partial charge in [0.2, 0.25) is 0 Å². The zero-order valence-corrected chi connectivity index (χ0v) is 11.0. The number of nitriles is 2. The smallest absolute Gasteiger partial charge is 0.101 e. The third-order valence-electron chi connectivity index (χ3n) is 3.14. The Labute approximate surface area is 115 Å². The molecule has 0 atom stereocenters. The Morgan fingerprint density at radius 2 is 1.68 bits per heavy atom. The molecule has 1 aliphatic rings. The van der Waals surface area contributed by atoms with Gasteiger partial charge in [0, 0.05) is 11.9 Å². The Balaban J connectivity index is 2.27. The molecule has 0 N–H and O–H groups in total. The fourth-order valence-electron chi connectivity index (χ4n) is 2.26. The van der Waals surface area contributed by atoms with E-state index in [-0.39, 0.29) is 0 Å². The minimum absolute atomic E-state index is 0.653. The average molecular weight is 263 g/mol. The molecular weight excluding hydrogens is 254 g/mol. The minimum Gasteiger partial charge on any atom is -0.342 e. The van der Waals surface area contributed by atoms with E-state index in [9.17, 15) is 10.5 Å². The van der Waals surface area contributed by atoms with E-state index in [2.05, 4.69) is 12.1 Å². The quantitative estimate of drug-likeness (QED) is 0.727. The third-order valence-corrected chi connectivity index (χ3v) is 4.33. The molecule has 0 fully saturated rings. The number of para-hydroxylation sites is 1. The molecule has 19 heavy (non-hydrogen) atoms. The monoisotopic (exact) mass is 263 g/mol. The van der Waals surface area contributed by atoms with Crippen LogP contribution in [0.1, 0.15) is 11.1 Å². The largest absolute Gasteiger partial charge is 0.342 e. The van der Waals surface area contributed by atoms with Gasteiger partial charge in [-0.2, -0.15) is 10.5 Å². The predicted molar refractivity (Wildman–Crippen MR) is 74.5 cm³/mol. The molecule has 90 valence electrons. The highest BCUT2D eigenvalue weighted by atomic mass is 32.2. The van der Waals surface area contributed by atoms with Crippen LogP contribution in [0.2, 0.25) is 0 Å². The van der Waals surface area contributed by atoms with Crippen LogP contribution in [-0.2, 0) is 0 Å². The second-order valence-corrected chi connectivity index (χ2v) is 5.24. The third kappa shape index (κ3) is 1.66. The van der Waals surface area contributed by atoms with Crippen LogP contribution in [0.3, 0.4) is 0 Å². The van der Waals surface area contributed by atoms with E-state index in [1.807, 2.05) is 48.3 Å². The van der Waals surface area contributed by atoms with Crippen molar-refractivity contribution in [2.45, 2.75) is 9.79 Å². The summed E-state index contributed by atoms with van der Waals surface area (Å²) in [6.07, 6.45) is 0. The second-order valence-electron chi connectivity index (χ2n) is 4.19. The van der Waals surface area contributed by atoms with Crippen molar-refractivity contribution >= 4 is 23.1 Å². The van der Waals surface area contributed by atoms with Crippen molar-refractivity contribution in [1.82, 2.24) is 0 Å². The van der Waals surface area contributed by atoms with E-state index in [0.717, 1.165) is 21.2 Å². The van der Waals surface area contributed by atoms with Gasteiger partial charge in [0.25, 0.3) is 0 Å². The maximum Gasteiger partial charge on any atom is 0.101 e. The molecule has 1 aliphatic heterocycles. The number of rotatable bonds is 0. The highest BCUT2D eigenvalue weighted by Crippen LogP contribution is 2.49. The summed E-state index contributed by atoms with van der Waals surface area (Å²) in [5.41, 5.74) is 3.21. The SMILES string of the molecule is CN1c2cccc(C#N)c2Sc2cccc(C#N)c21. The molecule has 0 saturated carbocycles. The van der Waals surface area contributed by atoms with Gasteiger partial charge < -0.3 is 4.90 Å². The van der Waals surface area contributed by atoms with Gasteiger partial charge in [-0.1, -0.05) is 23.9 Å². The lowest BCUT2D eigenvalue weighted by Crippen LogP contribution is -2.16. The predicted octanol–water partition coefficient (Wildman–Crippen LogP) is 3.66. The lowest BCUT2D eigenvalue weighted by molar-refractivity contribution is 1.10. The van der Waals surface area contributed by atoms with Crippen LogP contribution >= 0.6 is 11.8 Å². The van der Waals surface area contributed by atoms with Crippen LogP contribution in [0.4, 0.5) is 11.4 Å². The van der Waals surface area contributed by atoms with Crippen LogP contribution in [0, 0.1) is 22.7 Å². The van der Waals surface area contributed by atoms with Gasteiger partial charge in [-0.05, 0) is 24.3 Å². The number of hydrogen-bond donors (Lipinski definition) is 0. The molecule has 3 rings (SSSR count). The Morgan fingerprint density at radius 1 is 1.00 bits per heavy atom. The van der Waals surface area contributed by atoms with E-state index in [1.54, 1.807) is 11.8 Å². The van der Waals surface area contributed by atoms with Crippen LogP contribution in [0.25, 0.3) is 0 Å². The first kappa shape index (κ1) is 11.6. The number of hydrogen-bond acceptors (Lipinski definition) is 4. The van der Waals surface area contributed by atoms with Crippen molar-refractivity contribution in [3.8, 4) is 12.1 Å². The van der Waals surface area contributed by atoms with Crippen molar-refractivity contribution in [2.75, 3.05) is 11.9 Å². The Kier molecular flexibility index (Phi) is 2.67. The van der Waals surface area contributed by atoms with Crippen molar-refractivity contribution in [1.29, 1.82) is 10.5 Å². The van der Waals surface area contributed by atoms with Crippen LogP contribution in [0.15, 0.2) is 46.2 Å². The fourth-order valence-corrected chi connectivity index (χ4v) is 3.50. The molecule has 0 unspecified atom stereocenters. The summed E-state index contributed by atoms with van der Waals surface area (Å²) in [5, 5.41) is 18.4. The summed E-state index contributed by atoms with van der Waals surface area (Å²) in [5.74, 6) is 0. The van der Waals surface area contributed by atoms with Gasteiger partial charge in [-0.3, -0.25) is 0 Å². The summed E-state index contributed by atoms with van der Waals surface area (Å²) in [6, 6.07) is 15.8. The maximum atomic E-state index is 9.22. The Hall–Kier alpha value is -2.43. The van der Waals surface area contributed by atoms with E-state index >= 15 is 0 Å². The van der Waals surface area contributed by atoms with Gasteiger partial charge in [-0.25, -0.2) is 0 Å². The van der Waals surface area contributed by atoms with E-state index in [0.29, 0.717) is 11.1 Å². The minimum atomic E-state index is 0.653. The summed E-state index contributed by atoms with van der Waals surface area (Å²) < 4.78 is 0. The van der Waals surface area contributed by atoms with Crippen molar-refractivity contribution in [3.05, 3.63) is 47.5 Å². The molecule has 2 aromatic carbocycles. The lowest BCUT2D eigenvalue weighted by atomic mass is 10.1. The molecule has 0 radical (unpaired) electrons. The molecule has 3 nitrogen and oxygen atoms in total. The van der Waals surface area contributed by atoms with Gasteiger partial charge in [0.1, 0.15) is 12.1 Å². The summed E-state index contributed by atoms with van der Waals surface area (Å²) in [7, 11) is 1.93. The molecular formula is C15H9N3S. The van der Waals surface area contributed by atoms with Gasteiger partial charge in [0.15, 0.2) is 0 Å². The number of anilines is 2. The summed E-state index contributed by atoms with van der Waals surface area (Å²) in [4.78, 5) is 3.95. The summed E-state index contributed by atoms with van der Waals surface area (Å²) >= 11 is 1.55. The van der Waals surface area contributed by atoms with E-state index < -0.39 is 0 Å². The zero-order valence-electron chi connectivity index (χ0n) is 10.2. The molecule has 2 aromatic rings. The number of fused-ring (bicyclic) bond motifs is 2. The molecule has 0 spiro atoms. The second kappa shape index (κ2) is 4.35. The average Bonchev–Trinajstić information content (AvgIpc) is 2.46. The van der Waals surface area contributed by atoms with Gasteiger partial charge in [0.05, 0.1) is 27.4 Å². The number of benzene rings is 2. The Bertz CT molecular complexity index is 753. The molecule has 1 heterocycles. The van der Waals surface area contributed by atoms with Crippen molar-refractivity contribution in [2.24, 2.45) is 0 Å². The maximum absolute atomic E-state index is 9.22. The first-order valence-electron chi connectivity index (χ1n) is 5.74. The molecule has 4 heteroatoms. The van der Waals surface area contributed by atoms with Crippen LogP contribution < -0.4 is 4.90 Å². The molecule has 0 amide bonds. The Morgan fingerprint density at radius 3 is 2.42 bits per heavy atom. The molecule has 0 bridgehead atoms. The van der Waals surface area contributed by atoms with Crippen molar-refractivity contribution in [3.63, 3.8) is 0 Å².